The van der Waals surface area contributed by atoms with Crippen LogP contribution in [0.25, 0.3) is 10.8 Å². The average Bonchev–Trinajstić information content (AvgIpc) is 2.95. The van der Waals surface area contributed by atoms with Crippen molar-refractivity contribution in [2.75, 3.05) is 6.54 Å². The third-order valence-corrected chi connectivity index (χ3v) is 7.69. The van der Waals surface area contributed by atoms with Crippen LogP contribution in [0.4, 0.5) is 0 Å². The molecule has 4 nitrogen and oxygen atoms in total. The monoisotopic (exact) mass is 560 g/mol. The lowest BCUT2D eigenvalue weighted by atomic mass is 9.99. The predicted octanol–water partition coefficient (Wildman–Crippen LogP) is 7.64. The summed E-state index contributed by atoms with van der Waals surface area (Å²) in [7, 11) is 0. The molecule has 0 aliphatic rings. The summed E-state index contributed by atoms with van der Waals surface area (Å²) in [6.07, 6.45) is 3.04. The van der Waals surface area contributed by atoms with Gasteiger partial charge in [-0.2, -0.15) is 0 Å². The van der Waals surface area contributed by atoms with E-state index in [0.29, 0.717) is 35.0 Å². The van der Waals surface area contributed by atoms with Gasteiger partial charge in [0.05, 0.1) is 0 Å². The van der Waals surface area contributed by atoms with Crippen LogP contribution in [0.5, 0.6) is 0 Å². The molecule has 202 valence electrons. The first-order valence-electron chi connectivity index (χ1n) is 13.5. The van der Waals surface area contributed by atoms with Crippen LogP contribution in [0.1, 0.15) is 42.9 Å². The first-order chi connectivity index (χ1) is 19.0. The first kappa shape index (κ1) is 28.7. The second-order valence-corrected chi connectivity index (χ2v) is 10.5. The molecule has 0 saturated heterocycles. The van der Waals surface area contributed by atoms with E-state index >= 15 is 0 Å². The molecule has 0 unspecified atom stereocenters. The SMILES string of the molecule is CCCCNC(=O)[C@@H](Cc1ccccc1)N(Cc1c(Cl)cccc1Cl)C(=O)CCc1cccc2ccccc12. The van der Waals surface area contributed by atoms with E-state index < -0.39 is 6.04 Å². The summed E-state index contributed by atoms with van der Waals surface area (Å²) in [5, 5.41) is 6.27. The number of nitrogens with one attached hydrogen (secondary N) is 1. The fourth-order valence-corrected chi connectivity index (χ4v) is 5.33. The summed E-state index contributed by atoms with van der Waals surface area (Å²) in [5.41, 5.74) is 2.72. The number of hydrogen-bond donors (Lipinski definition) is 1. The molecule has 0 radical (unpaired) electrons. The van der Waals surface area contributed by atoms with Gasteiger partial charge in [0.2, 0.25) is 11.8 Å². The number of nitrogens with zero attached hydrogens (tertiary/aromatic N) is 1. The number of hydrogen-bond acceptors (Lipinski definition) is 2. The Bertz CT molecular complexity index is 1380. The summed E-state index contributed by atoms with van der Waals surface area (Å²) in [4.78, 5) is 29.3. The van der Waals surface area contributed by atoms with Gasteiger partial charge in [0.1, 0.15) is 6.04 Å². The maximum Gasteiger partial charge on any atom is 0.243 e. The van der Waals surface area contributed by atoms with E-state index in [2.05, 4.69) is 36.5 Å². The van der Waals surface area contributed by atoms with Crippen LogP contribution in [0.3, 0.4) is 0 Å². The summed E-state index contributed by atoms with van der Waals surface area (Å²) in [5.74, 6) is -0.292. The zero-order valence-electron chi connectivity index (χ0n) is 22.2. The summed E-state index contributed by atoms with van der Waals surface area (Å²) < 4.78 is 0. The molecule has 39 heavy (non-hydrogen) atoms. The highest BCUT2D eigenvalue weighted by Crippen LogP contribution is 2.28. The second-order valence-electron chi connectivity index (χ2n) is 9.71. The quantitative estimate of drug-likeness (QED) is 0.181. The Morgan fingerprint density at radius 2 is 1.51 bits per heavy atom. The van der Waals surface area contributed by atoms with Crippen molar-refractivity contribution in [2.45, 2.75) is 51.6 Å². The molecule has 0 heterocycles. The number of fused-ring (bicyclic) bond motifs is 1. The molecule has 0 spiro atoms. The van der Waals surface area contributed by atoms with Gasteiger partial charge in [0.15, 0.2) is 0 Å². The van der Waals surface area contributed by atoms with Gasteiger partial charge in [-0.1, -0.05) is 115 Å². The van der Waals surface area contributed by atoms with Gasteiger partial charge in [-0.3, -0.25) is 9.59 Å². The highest BCUT2D eigenvalue weighted by atomic mass is 35.5. The lowest BCUT2D eigenvalue weighted by molar-refractivity contribution is -0.141. The minimum Gasteiger partial charge on any atom is -0.354 e. The Kier molecular flexibility index (Phi) is 10.4. The van der Waals surface area contributed by atoms with E-state index in [1.165, 1.54) is 0 Å². The van der Waals surface area contributed by atoms with Crippen LogP contribution in [0.15, 0.2) is 91.0 Å². The Morgan fingerprint density at radius 3 is 2.26 bits per heavy atom. The van der Waals surface area contributed by atoms with Gasteiger partial charge in [0.25, 0.3) is 0 Å². The van der Waals surface area contributed by atoms with E-state index in [1.54, 1.807) is 23.1 Å². The highest BCUT2D eigenvalue weighted by molar-refractivity contribution is 6.36. The molecule has 1 N–H and O–H groups in total. The topological polar surface area (TPSA) is 49.4 Å². The molecular formula is C33H34Cl2N2O2. The number of amides is 2. The fourth-order valence-electron chi connectivity index (χ4n) is 4.81. The van der Waals surface area contributed by atoms with Crippen molar-refractivity contribution in [3.63, 3.8) is 0 Å². The van der Waals surface area contributed by atoms with Gasteiger partial charge in [0, 0.05) is 41.5 Å². The van der Waals surface area contributed by atoms with E-state index in [4.69, 9.17) is 23.2 Å². The fraction of sp³-hybridized carbons (Fsp3) is 0.273. The number of aryl methyl sites for hydroxylation is 1. The molecular weight excluding hydrogens is 527 g/mol. The standard InChI is InChI=1S/C33H34Cl2N2O2/c1-2-3-21-36-33(39)31(22-24-11-5-4-6-12-24)37(23-28-29(34)17-10-18-30(28)35)32(38)20-19-26-15-9-14-25-13-7-8-16-27(25)26/h4-18,31H,2-3,19-23H2,1H3,(H,36,39)/t31-/m1/s1. The molecule has 4 rings (SSSR count). The van der Waals surface area contributed by atoms with Gasteiger partial charge in [-0.25, -0.2) is 0 Å². The van der Waals surface area contributed by atoms with Crippen molar-refractivity contribution in [1.82, 2.24) is 10.2 Å². The van der Waals surface area contributed by atoms with Crippen molar-refractivity contribution in [3.8, 4) is 0 Å². The average molecular weight is 562 g/mol. The van der Waals surface area contributed by atoms with E-state index in [0.717, 1.165) is 34.7 Å². The third kappa shape index (κ3) is 7.62. The smallest absolute Gasteiger partial charge is 0.243 e. The van der Waals surface area contributed by atoms with Crippen LogP contribution >= 0.6 is 23.2 Å². The second kappa shape index (κ2) is 14.2. The maximum absolute atomic E-state index is 14.0. The van der Waals surface area contributed by atoms with Crippen LogP contribution in [0.2, 0.25) is 10.0 Å². The van der Waals surface area contributed by atoms with Crippen LogP contribution < -0.4 is 5.32 Å². The maximum atomic E-state index is 14.0. The molecule has 1 atom stereocenters. The summed E-state index contributed by atoms with van der Waals surface area (Å²) in [6.45, 7) is 2.78. The molecule has 2 amide bonds. The van der Waals surface area contributed by atoms with Crippen molar-refractivity contribution in [2.24, 2.45) is 0 Å². The summed E-state index contributed by atoms with van der Waals surface area (Å²) in [6, 6.07) is 28.7. The Balaban J connectivity index is 1.66. The largest absolute Gasteiger partial charge is 0.354 e. The lowest BCUT2D eigenvalue weighted by Gasteiger charge is -2.32. The Morgan fingerprint density at radius 1 is 0.846 bits per heavy atom. The normalized spacial score (nSPS) is 11.8. The highest BCUT2D eigenvalue weighted by Gasteiger charge is 2.31. The van der Waals surface area contributed by atoms with Crippen LogP contribution in [-0.2, 0) is 29.0 Å². The van der Waals surface area contributed by atoms with Crippen LogP contribution in [-0.4, -0.2) is 29.3 Å². The molecule has 0 saturated carbocycles. The van der Waals surface area contributed by atoms with Gasteiger partial charge in [-0.05, 0) is 46.9 Å². The number of carbonyl (C=O) groups is 2. The zero-order valence-corrected chi connectivity index (χ0v) is 23.7. The zero-order chi connectivity index (χ0) is 27.6. The number of carbonyl (C=O) groups excluding carboxylic acids is 2. The lowest BCUT2D eigenvalue weighted by Crippen LogP contribution is -2.50. The molecule has 0 aliphatic heterocycles. The number of unbranched alkanes of at least 4 members (excludes halogenated alkanes) is 1. The molecule has 4 aromatic rings. The molecule has 0 aliphatic carbocycles. The molecule has 0 aromatic heterocycles. The van der Waals surface area contributed by atoms with Crippen molar-refractivity contribution in [3.05, 3.63) is 118 Å². The third-order valence-electron chi connectivity index (χ3n) is 6.98. The number of halogens is 2. The number of rotatable bonds is 12. The van der Waals surface area contributed by atoms with Crippen molar-refractivity contribution >= 4 is 45.8 Å². The molecule has 4 aromatic carbocycles. The van der Waals surface area contributed by atoms with E-state index in [-0.39, 0.29) is 24.8 Å². The minimum atomic E-state index is -0.711. The van der Waals surface area contributed by atoms with Gasteiger partial charge >= 0.3 is 0 Å². The predicted molar refractivity (Wildman–Crippen MR) is 161 cm³/mol. The van der Waals surface area contributed by atoms with Crippen LogP contribution in [0, 0.1) is 0 Å². The Hall–Kier alpha value is -3.34. The first-order valence-corrected chi connectivity index (χ1v) is 14.2. The van der Waals surface area contributed by atoms with Crippen molar-refractivity contribution < 1.29 is 9.59 Å². The molecule has 0 bridgehead atoms. The minimum absolute atomic E-state index is 0.120. The molecule has 0 fully saturated rings. The van der Waals surface area contributed by atoms with E-state index in [9.17, 15) is 9.59 Å². The molecule has 6 heteroatoms. The van der Waals surface area contributed by atoms with Gasteiger partial charge in [-0.15, -0.1) is 0 Å². The van der Waals surface area contributed by atoms with Gasteiger partial charge < -0.3 is 10.2 Å². The Labute approximate surface area is 240 Å². The summed E-state index contributed by atoms with van der Waals surface area (Å²) >= 11 is 13.1. The van der Waals surface area contributed by atoms with E-state index in [1.807, 2.05) is 48.5 Å². The number of benzene rings is 4. The van der Waals surface area contributed by atoms with Crippen molar-refractivity contribution in [1.29, 1.82) is 0 Å².